The monoisotopic (exact) mass is 209 g/mol. The van der Waals surface area contributed by atoms with E-state index in [4.69, 9.17) is 5.11 Å². The molecule has 0 unspecified atom stereocenters. The van der Waals surface area contributed by atoms with Crippen molar-refractivity contribution in [3.8, 4) is 0 Å². The van der Waals surface area contributed by atoms with Gasteiger partial charge in [-0.1, -0.05) is 5.21 Å². The number of nitrogens with zero attached hydrogens (tertiary/aromatic N) is 3. The van der Waals surface area contributed by atoms with Crippen LogP contribution >= 0.6 is 0 Å². The number of hydrogen-bond acceptors (Lipinski definition) is 3. The van der Waals surface area contributed by atoms with Crippen LogP contribution in [0.15, 0.2) is 0 Å². The fraction of sp³-hybridized carbons (Fsp3) is 0.700. The Morgan fingerprint density at radius 2 is 2.33 bits per heavy atom. The summed E-state index contributed by atoms with van der Waals surface area (Å²) < 4.78 is 1.84. The Morgan fingerprint density at radius 3 is 2.93 bits per heavy atom. The number of aromatic nitrogens is 3. The van der Waals surface area contributed by atoms with E-state index < -0.39 is 5.97 Å². The van der Waals surface area contributed by atoms with Crippen LogP contribution in [0.5, 0.6) is 0 Å². The zero-order chi connectivity index (χ0) is 11.0. The molecule has 1 aromatic rings. The molecule has 1 aromatic heterocycles. The van der Waals surface area contributed by atoms with Crippen molar-refractivity contribution in [1.82, 2.24) is 15.0 Å². The zero-order valence-electron chi connectivity index (χ0n) is 8.97. The number of rotatable bonds is 2. The number of hydrogen-bond donors (Lipinski definition) is 1. The first-order valence-electron chi connectivity index (χ1n) is 5.25. The highest BCUT2D eigenvalue weighted by Crippen LogP contribution is 2.25. The summed E-state index contributed by atoms with van der Waals surface area (Å²) >= 11 is 0. The summed E-state index contributed by atoms with van der Waals surface area (Å²) in [5.74, 6) is -0.981. The minimum Gasteiger partial charge on any atom is -0.481 e. The smallest absolute Gasteiger partial charge is 0.306 e. The summed E-state index contributed by atoms with van der Waals surface area (Å²) in [6.45, 7) is 4.05. The predicted molar refractivity (Wildman–Crippen MR) is 53.6 cm³/mol. The van der Waals surface area contributed by atoms with Crippen molar-refractivity contribution in [1.29, 1.82) is 0 Å². The van der Waals surface area contributed by atoms with E-state index in [2.05, 4.69) is 10.3 Å². The first-order chi connectivity index (χ1) is 7.09. The molecule has 0 saturated heterocycles. The van der Waals surface area contributed by atoms with Gasteiger partial charge in [0.05, 0.1) is 17.3 Å². The quantitative estimate of drug-likeness (QED) is 0.790. The first kappa shape index (κ1) is 10.1. The van der Waals surface area contributed by atoms with Gasteiger partial charge in [-0.3, -0.25) is 4.79 Å². The maximum atomic E-state index is 10.9. The van der Waals surface area contributed by atoms with Crippen LogP contribution in [0.2, 0.25) is 0 Å². The highest BCUT2D eigenvalue weighted by Gasteiger charge is 2.28. The molecule has 1 N–H and O–H groups in total. The maximum Gasteiger partial charge on any atom is 0.306 e. The Balaban J connectivity index is 2.30. The van der Waals surface area contributed by atoms with Gasteiger partial charge in [0.1, 0.15) is 0 Å². The van der Waals surface area contributed by atoms with Gasteiger partial charge in [0.2, 0.25) is 0 Å². The summed E-state index contributed by atoms with van der Waals surface area (Å²) in [5.41, 5.74) is 1.98. The standard InChI is InChI=1S/C10H15N3O2/c1-6(2)13-9-5-7(10(14)15)3-4-8(9)11-12-13/h6-7H,3-5H2,1-2H3,(H,14,15)/t7-/m1/s1. The van der Waals surface area contributed by atoms with Crippen molar-refractivity contribution in [3.63, 3.8) is 0 Å². The van der Waals surface area contributed by atoms with Crippen LogP contribution in [0.3, 0.4) is 0 Å². The predicted octanol–water partition coefficient (Wildman–Crippen LogP) is 1.05. The van der Waals surface area contributed by atoms with E-state index in [1.165, 1.54) is 0 Å². The minimum absolute atomic E-state index is 0.244. The fourth-order valence-corrected chi connectivity index (χ4v) is 2.02. The topological polar surface area (TPSA) is 68.0 Å². The van der Waals surface area contributed by atoms with Gasteiger partial charge in [-0.25, -0.2) is 4.68 Å². The van der Waals surface area contributed by atoms with Gasteiger partial charge >= 0.3 is 5.97 Å². The van der Waals surface area contributed by atoms with Crippen LogP contribution < -0.4 is 0 Å². The fourth-order valence-electron chi connectivity index (χ4n) is 2.02. The van der Waals surface area contributed by atoms with Crippen LogP contribution in [-0.4, -0.2) is 26.1 Å². The molecule has 0 aromatic carbocycles. The second-order valence-corrected chi connectivity index (χ2v) is 4.30. The molecule has 1 aliphatic carbocycles. The van der Waals surface area contributed by atoms with Gasteiger partial charge in [-0.2, -0.15) is 0 Å². The average Bonchev–Trinajstić information content (AvgIpc) is 2.59. The van der Waals surface area contributed by atoms with Gasteiger partial charge in [0, 0.05) is 12.5 Å². The Bertz CT molecular complexity index is 384. The number of carboxylic acid groups (broad SMARTS) is 1. The van der Waals surface area contributed by atoms with Crippen LogP contribution in [0.4, 0.5) is 0 Å². The summed E-state index contributed by atoms with van der Waals surface area (Å²) in [6, 6.07) is 0.244. The number of aryl methyl sites for hydroxylation is 1. The van der Waals surface area contributed by atoms with Crippen molar-refractivity contribution >= 4 is 5.97 Å². The minimum atomic E-state index is -0.711. The lowest BCUT2D eigenvalue weighted by atomic mass is 9.89. The average molecular weight is 209 g/mol. The van der Waals surface area contributed by atoms with Crippen LogP contribution in [0, 0.1) is 5.92 Å². The highest BCUT2D eigenvalue weighted by molar-refractivity contribution is 5.70. The molecule has 1 atom stereocenters. The molecule has 5 nitrogen and oxygen atoms in total. The zero-order valence-corrected chi connectivity index (χ0v) is 8.97. The van der Waals surface area contributed by atoms with E-state index in [1.807, 2.05) is 18.5 Å². The normalized spacial score (nSPS) is 20.3. The number of fused-ring (bicyclic) bond motifs is 1. The van der Waals surface area contributed by atoms with Crippen molar-refractivity contribution < 1.29 is 9.90 Å². The summed E-state index contributed by atoms with van der Waals surface area (Å²) in [5, 5.41) is 17.1. The molecule has 0 aliphatic heterocycles. The van der Waals surface area contributed by atoms with E-state index in [0.29, 0.717) is 12.8 Å². The molecule has 2 rings (SSSR count). The largest absolute Gasteiger partial charge is 0.481 e. The van der Waals surface area contributed by atoms with Crippen molar-refractivity contribution in [2.24, 2.45) is 5.92 Å². The van der Waals surface area contributed by atoms with Crippen LogP contribution in [-0.2, 0) is 17.6 Å². The van der Waals surface area contributed by atoms with Crippen LogP contribution in [0.25, 0.3) is 0 Å². The molecular formula is C10H15N3O2. The number of carbonyl (C=O) groups is 1. The molecular weight excluding hydrogens is 194 g/mol. The second-order valence-electron chi connectivity index (χ2n) is 4.30. The molecule has 5 heteroatoms. The van der Waals surface area contributed by atoms with Crippen molar-refractivity contribution in [2.45, 2.75) is 39.2 Å². The molecule has 1 aliphatic rings. The Hall–Kier alpha value is -1.39. The maximum absolute atomic E-state index is 10.9. The van der Waals surface area contributed by atoms with Gasteiger partial charge in [-0.15, -0.1) is 5.10 Å². The molecule has 0 amide bonds. The van der Waals surface area contributed by atoms with Crippen LogP contribution in [0.1, 0.15) is 37.7 Å². The number of carboxylic acids is 1. The van der Waals surface area contributed by atoms with E-state index >= 15 is 0 Å². The van der Waals surface area contributed by atoms with E-state index in [1.54, 1.807) is 0 Å². The molecule has 0 bridgehead atoms. The molecule has 0 saturated carbocycles. The molecule has 1 heterocycles. The van der Waals surface area contributed by atoms with Gasteiger partial charge in [0.15, 0.2) is 0 Å². The Kier molecular flexibility index (Phi) is 2.46. The van der Waals surface area contributed by atoms with Crippen molar-refractivity contribution in [2.75, 3.05) is 0 Å². The van der Waals surface area contributed by atoms with Gasteiger partial charge < -0.3 is 5.11 Å². The summed E-state index contributed by atoms with van der Waals surface area (Å²) in [7, 11) is 0. The SMILES string of the molecule is CC(C)n1nnc2c1C[C@H](C(=O)O)CC2. The summed E-state index contributed by atoms with van der Waals surface area (Å²) in [6.07, 6.45) is 1.98. The molecule has 82 valence electrons. The first-order valence-corrected chi connectivity index (χ1v) is 5.25. The molecule has 15 heavy (non-hydrogen) atoms. The van der Waals surface area contributed by atoms with E-state index in [-0.39, 0.29) is 12.0 Å². The number of aliphatic carboxylic acids is 1. The molecule has 0 fully saturated rings. The lowest BCUT2D eigenvalue weighted by Gasteiger charge is -2.19. The summed E-state index contributed by atoms with van der Waals surface area (Å²) in [4.78, 5) is 10.9. The Morgan fingerprint density at radius 1 is 1.60 bits per heavy atom. The Labute approximate surface area is 88.1 Å². The lowest BCUT2D eigenvalue weighted by molar-refractivity contribution is -0.142. The van der Waals surface area contributed by atoms with Gasteiger partial charge in [0.25, 0.3) is 0 Å². The third-order valence-electron chi connectivity index (χ3n) is 2.88. The second kappa shape index (κ2) is 3.64. The van der Waals surface area contributed by atoms with E-state index in [0.717, 1.165) is 17.8 Å². The molecule has 0 spiro atoms. The van der Waals surface area contributed by atoms with Gasteiger partial charge in [-0.05, 0) is 26.7 Å². The third kappa shape index (κ3) is 1.73. The highest BCUT2D eigenvalue weighted by atomic mass is 16.4. The van der Waals surface area contributed by atoms with Crippen molar-refractivity contribution in [3.05, 3.63) is 11.4 Å². The molecule has 0 radical (unpaired) electrons. The van der Waals surface area contributed by atoms with E-state index in [9.17, 15) is 4.79 Å². The lowest BCUT2D eigenvalue weighted by Crippen LogP contribution is -2.24. The third-order valence-corrected chi connectivity index (χ3v) is 2.88.